The lowest BCUT2D eigenvalue weighted by atomic mass is 9.85. The van der Waals surface area contributed by atoms with Crippen molar-refractivity contribution in [1.29, 1.82) is 0 Å². The lowest BCUT2D eigenvalue weighted by Crippen LogP contribution is -2.62. The third-order valence-electron chi connectivity index (χ3n) is 12.1. The maximum absolute atomic E-state index is 16.0. The summed E-state index contributed by atoms with van der Waals surface area (Å²) < 4.78 is 17.7. The number of ketones is 1. The molecule has 1 atom stereocenters. The standard InChI is InChI=1S/C41H47FN8O4/c1-25-33-22-44-40(47-37(33)50(29-8-3-4-9-29)39(54)36(25)26(2)51)45-34-12-10-30(21-43-34)49-23-31(24-49)48-18-16-41(42,17-19-48)15-14-27-6-5-7-28(20-27)32-11-13-35(52)46-38(32)53/h5-7,10,12,20-22,29,31-32H,3-4,8-9,11,13-19,23-24H2,1-2H3,(H,46,52,53)(H,43,44,45,47). The van der Waals surface area contributed by atoms with Crippen molar-refractivity contribution >= 4 is 46.1 Å². The molecule has 2 amide bonds. The first-order valence-corrected chi connectivity index (χ1v) is 19.3. The van der Waals surface area contributed by atoms with E-state index in [1.54, 1.807) is 17.7 Å². The van der Waals surface area contributed by atoms with E-state index in [4.69, 9.17) is 4.98 Å². The summed E-state index contributed by atoms with van der Waals surface area (Å²) in [5.74, 6) is -0.134. The fraction of sp³-hybridized carbons (Fsp3) is 0.488. The number of imide groups is 1. The van der Waals surface area contributed by atoms with Gasteiger partial charge in [0.1, 0.15) is 17.1 Å². The molecule has 4 aromatic rings. The van der Waals surface area contributed by atoms with E-state index < -0.39 is 5.67 Å². The number of anilines is 3. The van der Waals surface area contributed by atoms with Crippen LogP contribution in [0.1, 0.15) is 104 Å². The fourth-order valence-corrected chi connectivity index (χ4v) is 8.85. The van der Waals surface area contributed by atoms with Gasteiger partial charge in [0.25, 0.3) is 5.56 Å². The van der Waals surface area contributed by atoms with Gasteiger partial charge in [-0.05, 0) is 87.6 Å². The summed E-state index contributed by atoms with van der Waals surface area (Å²) in [6.45, 7) is 6.38. The zero-order valence-electron chi connectivity index (χ0n) is 30.9. The minimum Gasteiger partial charge on any atom is -0.367 e. The molecule has 2 N–H and O–H groups in total. The van der Waals surface area contributed by atoms with E-state index in [9.17, 15) is 19.2 Å². The number of carbonyl (C=O) groups is 3. The molecule has 12 nitrogen and oxygen atoms in total. The first-order valence-electron chi connectivity index (χ1n) is 19.3. The van der Waals surface area contributed by atoms with Crippen molar-refractivity contribution in [3.8, 4) is 0 Å². The van der Waals surface area contributed by atoms with Crippen LogP contribution < -0.4 is 21.1 Å². The Kier molecular flexibility index (Phi) is 9.76. The predicted molar refractivity (Wildman–Crippen MR) is 204 cm³/mol. The van der Waals surface area contributed by atoms with E-state index in [-0.39, 0.29) is 40.7 Å². The Balaban J connectivity index is 0.843. The molecule has 3 saturated heterocycles. The summed E-state index contributed by atoms with van der Waals surface area (Å²) in [6.07, 6.45) is 10.3. The average molecular weight is 735 g/mol. The van der Waals surface area contributed by atoms with Crippen LogP contribution in [0.5, 0.6) is 0 Å². The molecule has 54 heavy (non-hydrogen) atoms. The summed E-state index contributed by atoms with van der Waals surface area (Å²) in [4.78, 5) is 68.5. The molecule has 0 spiro atoms. The molecule has 1 aromatic carbocycles. The van der Waals surface area contributed by atoms with Gasteiger partial charge in [-0.25, -0.2) is 14.4 Å². The number of piperidine rings is 2. The van der Waals surface area contributed by atoms with Gasteiger partial charge >= 0.3 is 0 Å². The number of nitrogens with one attached hydrogen (secondary N) is 2. The number of aryl methyl sites for hydroxylation is 2. The van der Waals surface area contributed by atoms with E-state index in [2.05, 4.69) is 30.4 Å². The molecule has 1 unspecified atom stereocenters. The number of Topliss-reactive ketones (excluding diaryl/α,β-unsaturated/α-hetero) is 1. The lowest BCUT2D eigenvalue weighted by Gasteiger charge is -2.49. The first-order chi connectivity index (χ1) is 26.0. The number of rotatable bonds is 10. The Bertz CT molecular complexity index is 2150. The summed E-state index contributed by atoms with van der Waals surface area (Å²) in [5.41, 5.74) is 2.79. The van der Waals surface area contributed by atoms with Gasteiger partial charge in [0.15, 0.2) is 5.78 Å². The first kappa shape index (κ1) is 36.0. The van der Waals surface area contributed by atoms with Crippen molar-refractivity contribution in [1.82, 2.24) is 29.7 Å². The summed E-state index contributed by atoms with van der Waals surface area (Å²) in [7, 11) is 0. The third-order valence-corrected chi connectivity index (χ3v) is 12.1. The van der Waals surface area contributed by atoms with Crippen molar-refractivity contribution in [3.05, 3.63) is 81.4 Å². The molecular formula is C41H47FN8O4. The van der Waals surface area contributed by atoms with Crippen molar-refractivity contribution < 1.29 is 18.8 Å². The quantitative estimate of drug-likeness (QED) is 0.154. The van der Waals surface area contributed by atoms with Crippen LogP contribution in [-0.2, 0) is 16.0 Å². The number of nitrogens with zero attached hydrogens (tertiary/aromatic N) is 6. The maximum atomic E-state index is 16.0. The van der Waals surface area contributed by atoms with Gasteiger partial charge in [0.05, 0.1) is 23.4 Å². The number of alkyl halides is 1. The lowest BCUT2D eigenvalue weighted by molar-refractivity contribution is -0.134. The van der Waals surface area contributed by atoms with Crippen LogP contribution in [0, 0.1) is 6.92 Å². The molecule has 8 rings (SSSR count). The molecule has 4 fully saturated rings. The topological polar surface area (TPSA) is 142 Å². The summed E-state index contributed by atoms with van der Waals surface area (Å²) in [6, 6.07) is 12.1. The number of benzene rings is 1. The number of likely N-dealkylation sites (tertiary alicyclic amines) is 1. The Morgan fingerprint density at radius 3 is 2.48 bits per heavy atom. The average Bonchev–Trinajstić information content (AvgIpc) is 3.66. The number of pyridine rings is 2. The van der Waals surface area contributed by atoms with Gasteiger partial charge in [0.2, 0.25) is 17.8 Å². The Morgan fingerprint density at radius 1 is 1.00 bits per heavy atom. The van der Waals surface area contributed by atoms with Crippen molar-refractivity contribution in [2.24, 2.45) is 0 Å². The number of halogens is 1. The van der Waals surface area contributed by atoms with E-state index in [1.807, 2.05) is 42.6 Å². The van der Waals surface area contributed by atoms with Crippen LogP contribution >= 0.6 is 0 Å². The van der Waals surface area contributed by atoms with Gasteiger partial charge in [-0.3, -0.25) is 34.0 Å². The zero-order chi connectivity index (χ0) is 37.6. The van der Waals surface area contributed by atoms with Crippen LogP contribution in [0.2, 0.25) is 0 Å². The molecule has 6 heterocycles. The van der Waals surface area contributed by atoms with Crippen molar-refractivity contribution in [3.63, 3.8) is 0 Å². The van der Waals surface area contributed by atoms with Crippen LogP contribution in [0.4, 0.5) is 21.8 Å². The number of fused-ring (bicyclic) bond motifs is 1. The number of aromatic nitrogens is 4. The number of carbonyl (C=O) groups excluding carboxylic acids is 3. The van der Waals surface area contributed by atoms with Crippen molar-refractivity contribution in [2.75, 3.05) is 36.4 Å². The van der Waals surface area contributed by atoms with Crippen molar-refractivity contribution in [2.45, 2.75) is 102 Å². The SMILES string of the molecule is CC(=O)c1c(C)c2cnc(Nc3ccc(N4CC(N5CCC(F)(CCc6cccc(C7CCC(=O)NC7=O)c6)CC5)C4)cn3)nc2n(C2CCCC2)c1=O. The van der Waals surface area contributed by atoms with Gasteiger partial charge in [-0.1, -0.05) is 37.1 Å². The highest BCUT2D eigenvalue weighted by Crippen LogP contribution is 2.36. The van der Waals surface area contributed by atoms with Gasteiger partial charge in [0, 0.05) is 56.3 Å². The van der Waals surface area contributed by atoms with E-state index in [0.29, 0.717) is 72.9 Å². The monoisotopic (exact) mass is 734 g/mol. The molecule has 4 aliphatic rings. The van der Waals surface area contributed by atoms with E-state index in [0.717, 1.165) is 68.7 Å². The summed E-state index contributed by atoms with van der Waals surface area (Å²) >= 11 is 0. The molecule has 282 valence electrons. The van der Waals surface area contributed by atoms with E-state index >= 15 is 4.39 Å². The minimum absolute atomic E-state index is 0.00656. The van der Waals surface area contributed by atoms with Crippen LogP contribution in [0.15, 0.2) is 53.6 Å². The minimum atomic E-state index is -1.21. The molecule has 0 bridgehead atoms. The van der Waals surface area contributed by atoms with Gasteiger partial charge in [-0.15, -0.1) is 0 Å². The van der Waals surface area contributed by atoms with Gasteiger partial charge in [-0.2, -0.15) is 4.98 Å². The number of amides is 2. The smallest absolute Gasteiger partial charge is 0.263 e. The molecule has 0 radical (unpaired) electrons. The Morgan fingerprint density at radius 2 is 1.78 bits per heavy atom. The third kappa shape index (κ3) is 7.13. The predicted octanol–water partition coefficient (Wildman–Crippen LogP) is 5.70. The van der Waals surface area contributed by atoms with Gasteiger partial charge < -0.3 is 10.2 Å². The molecule has 3 aromatic heterocycles. The molecule has 1 saturated carbocycles. The normalized spacial score (nSPS) is 20.9. The zero-order valence-corrected chi connectivity index (χ0v) is 30.9. The highest BCUT2D eigenvalue weighted by atomic mass is 19.1. The molecule has 1 aliphatic carbocycles. The highest BCUT2D eigenvalue weighted by Gasteiger charge is 2.40. The van der Waals surface area contributed by atoms with Crippen LogP contribution in [0.25, 0.3) is 11.0 Å². The van der Waals surface area contributed by atoms with Crippen LogP contribution in [-0.4, -0.2) is 79.9 Å². The highest BCUT2D eigenvalue weighted by molar-refractivity contribution is 6.01. The summed E-state index contributed by atoms with van der Waals surface area (Å²) in [5, 5.41) is 6.33. The number of hydrogen-bond donors (Lipinski definition) is 2. The molecule has 3 aliphatic heterocycles. The second kappa shape index (κ2) is 14.7. The largest absolute Gasteiger partial charge is 0.367 e. The number of hydrogen-bond acceptors (Lipinski definition) is 10. The molecule has 13 heteroatoms. The maximum Gasteiger partial charge on any atom is 0.263 e. The molecular weight excluding hydrogens is 688 g/mol. The Hall–Kier alpha value is -5.04. The Labute approximate surface area is 313 Å². The van der Waals surface area contributed by atoms with Crippen LogP contribution in [0.3, 0.4) is 0 Å². The van der Waals surface area contributed by atoms with E-state index in [1.165, 1.54) is 6.92 Å². The second-order valence-electron chi connectivity index (χ2n) is 15.6. The second-order valence-corrected chi connectivity index (χ2v) is 15.6. The fourth-order valence-electron chi connectivity index (χ4n) is 8.85.